The lowest BCUT2D eigenvalue weighted by atomic mass is 9.90. The lowest BCUT2D eigenvalue weighted by Gasteiger charge is -2.18. The molecule has 92 valence electrons. The van der Waals surface area contributed by atoms with E-state index in [0.29, 0.717) is 5.95 Å². The van der Waals surface area contributed by atoms with Gasteiger partial charge in [0.25, 0.3) is 0 Å². The lowest BCUT2D eigenvalue weighted by Crippen LogP contribution is -2.13. The SMILES string of the molecule is Cc1cc(C)nc(NN=C2CCC(C)CC2)n1. The van der Waals surface area contributed by atoms with E-state index in [9.17, 15) is 0 Å². The average molecular weight is 232 g/mol. The van der Waals surface area contributed by atoms with Crippen molar-refractivity contribution in [3.05, 3.63) is 17.5 Å². The Kier molecular flexibility index (Phi) is 3.71. The fourth-order valence-electron chi connectivity index (χ4n) is 2.11. The molecule has 0 unspecified atom stereocenters. The second-order valence-corrected chi connectivity index (χ2v) is 4.95. The van der Waals surface area contributed by atoms with E-state index in [0.717, 1.165) is 30.1 Å². The maximum Gasteiger partial charge on any atom is 0.243 e. The molecule has 17 heavy (non-hydrogen) atoms. The maximum absolute atomic E-state index is 4.41. The molecule has 4 nitrogen and oxygen atoms in total. The quantitative estimate of drug-likeness (QED) is 0.797. The van der Waals surface area contributed by atoms with Gasteiger partial charge in [0.05, 0.1) is 0 Å². The Morgan fingerprint density at radius 2 is 1.76 bits per heavy atom. The molecule has 4 heteroatoms. The molecule has 0 spiro atoms. The van der Waals surface area contributed by atoms with Crippen molar-refractivity contribution in [2.45, 2.75) is 46.5 Å². The molecule has 0 amide bonds. The highest BCUT2D eigenvalue weighted by Gasteiger charge is 2.13. The van der Waals surface area contributed by atoms with Crippen molar-refractivity contribution in [2.24, 2.45) is 11.0 Å². The van der Waals surface area contributed by atoms with Crippen molar-refractivity contribution in [2.75, 3.05) is 5.43 Å². The van der Waals surface area contributed by atoms with Crippen LogP contribution in [-0.2, 0) is 0 Å². The van der Waals surface area contributed by atoms with Crippen LogP contribution in [0.25, 0.3) is 0 Å². The number of aryl methyl sites for hydroxylation is 2. The Hall–Kier alpha value is -1.45. The Bertz CT molecular complexity index is 395. The summed E-state index contributed by atoms with van der Waals surface area (Å²) in [6.07, 6.45) is 4.68. The van der Waals surface area contributed by atoms with Crippen molar-refractivity contribution < 1.29 is 0 Å². The van der Waals surface area contributed by atoms with Crippen LogP contribution in [0.4, 0.5) is 5.95 Å². The van der Waals surface area contributed by atoms with Crippen molar-refractivity contribution in [3.63, 3.8) is 0 Å². The van der Waals surface area contributed by atoms with E-state index in [1.807, 2.05) is 19.9 Å². The van der Waals surface area contributed by atoms with Gasteiger partial charge >= 0.3 is 0 Å². The van der Waals surface area contributed by atoms with Gasteiger partial charge in [-0.1, -0.05) is 6.92 Å². The molecule has 0 aliphatic heterocycles. The average Bonchev–Trinajstić information content (AvgIpc) is 2.27. The van der Waals surface area contributed by atoms with Gasteiger partial charge in [0.1, 0.15) is 0 Å². The third kappa shape index (κ3) is 3.51. The highest BCUT2D eigenvalue weighted by Crippen LogP contribution is 2.21. The maximum atomic E-state index is 4.41. The van der Waals surface area contributed by atoms with Crippen LogP contribution in [0.15, 0.2) is 11.2 Å². The van der Waals surface area contributed by atoms with Gasteiger partial charge in [-0.15, -0.1) is 0 Å². The van der Waals surface area contributed by atoms with Crippen LogP contribution in [0.5, 0.6) is 0 Å². The van der Waals surface area contributed by atoms with Gasteiger partial charge in [-0.05, 0) is 51.5 Å². The molecular weight excluding hydrogens is 212 g/mol. The first-order valence-electron chi connectivity index (χ1n) is 6.27. The predicted octanol–water partition coefficient (Wildman–Crippen LogP) is 3.07. The van der Waals surface area contributed by atoms with Crippen molar-refractivity contribution in [1.29, 1.82) is 0 Å². The summed E-state index contributed by atoms with van der Waals surface area (Å²) >= 11 is 0. The number of nitrogens with one attached hydrogen (secondary N) is 1. The molecule has 0 aromatic carbocycles. The minimum atomic E-state index is 0.605. The van der Waals surface area contributed by atoms with E-state index in [-0.39, 0.29) is 0 Å². The summed E-state index contributed by atoms with van der Waals surface area (Å²) in [6, 6.07) is 1.96. The number of nitrogens with zero attached hydrogens (tertiary/aromatic N) is 3. The monoisotopic (exact) mass is 232 g/mol. The number of rotatable bonds is 2. The molecule has 1 saturated carbocycles. The zero-order valence-electron chi connectivity index (χ0n) is 10.8. The molecule has 1 aromatic heterocycles. The van der Waals surface area contributed by atoms with Crippen molar-refractivity contribution >= 4 is 11.7 Å². The van der Waals surface area contributed by atoms with E-state index in [2.05, 4.69) is 27.4 Å². The van der Waals surface area contributed by atoms with Gasteiger partial charge in [-0.25, -0.2) is 15.4 Å². The van der Waals surface area contributed by atoms with E-state index in [4.69, 9.17) is 0 Å². The van der Waals surface area contributed by atoms with E-state index < -0.39 is 0 Å². The van der Waals surface area contributed by atoms with E-state index in [1.165, 1.54) is 18.6 Å². The fourth-order valence-corrected chi connectivity index (χ4v) is 2.11. The molecular formula is C13H20N4. The second kappa shape index (κ2) is 5.25. The highest BCUT2D eigenvalue weighted by molar-refractivity contribution is 5.85. The minimum Gasteiger partial charge on any atom is -0.245 e. The van der Waals surface area contributed by atoms with Crippen LogP contribution in [0.1, 0.15) is 44.0 Å². The Morgan fingerprint density at radius 1 is 1.18 bits per heavy atom. The van der Waals surface area contributed by atoms with Gasteiger partial charge in [-0.3, -0.25) is 0 Å². The molecule has 0 atom stereocenters. The molecule has 1 aromatic rings. The first-order valence-corrected chi connectivity index (χ1v) is 6.27. The molecule has 0 saturated heterocycles. The largest absolute Gasteiger partial charge is 0.245 e. The van der Waals surface area contributed by atoms with Gasteiger partial charge in [0, 0.05) is 17.1 Å². The van der Waals surface area contributed by atoms with Crippen LogP contribution in [-0.4, -0.2) is 15.7 Å². The second-order valence-electron chi connectivity index (χ2n) is 4.95. The summed E-state index contributed by atoms with van der Waals surface area (Å²) in [7, 11) is 0. The van der Waals surface area contributed by atoms with Crippen molar-refractivity contribution in [3.8, 4) is 0 Å². The van der Waals surface area contributed by atoms with Crippen LogP contribution in [0.2, 0.25) is 0 Å². The summed E-state index contributed by atoms with van der Waals surface area (Å²) in [5.74, 6) is 1.44. The Labute approximate surface area is 103 Å². The third-order valence-electron chi connectivity index (χ3n) is 3.15. The molecule has 1 fully saturated rings. The Balaban J connectivity index is 1.99. The van der Waals surface area contributed by atoms with E-state index in [1.54, 1.807) is 0 Å². The van der Waals surface area contributed by atoms with Gasteiger partial charge in [0.2, 0.25) is 5.95 Å². The third-order valence-corrected chi connectivity index (χ3v) is 3.15. The summed E-state index contributed by atoms with van der Waals surface area (Å²) in [5.41, 5.74) is 6.16. The Morgan fingerprint density at radius 3 is 2.35 bits per heavy atom. The van der Waals surface area contributed by atoms with Crippen LogP contribution >= 0.6 is 0 Å². The van der Waals surface area contributed by atoms with Crippen molar-refractivity contribution in [1.82, 2.24) is 9.97 Å². The van der Waals surface area contributed by atoms with Crippen LogP contribution in [0.3, 0.4) is 0 Å². The number of hydrogen-bond acceptors (Lipinski definition) is 4. The topological polar surface area (TPSA) is 50.2 Å². The van der Waals surface area contributed by atoms with Crippen LogP contribution in [0, 0.1) is 19.8 Å². The first kappa shape index (κ1) is 12.0. The van der Waals surface area contributed by atoms with E-state index >= 15 is 0 Å². The van der Waals surface area contributed by atoms with Crippen LogP contribution < -0.4 is 5.43 Å². The summed E-state index contributed by atoms with van der Waals surface area (Å²) in [6.45, 7) is 6.24. The number of aromatic nitrogens is 2. The number of hydrazone groups is 1. The summed E-state index contributed by atoms with van der Waals surface area (Å²) in [4.78, 5) is 8.61. The fraction of sp³-hybridized carbons (Fsp3) is 0.615. The zero-order chi connectivity index (χ0) is 12.3. The van der Waals surface area contributed by atoms with Gasteiger partial charge in [0.15, 0.2) is 0 Å². The number of hydrogen-bond donors (Lipinski definition) is 1. The molecule has 0 radical (unpaired) electrons. The molecule has 2 rings (SSSR count). The van der Waals surface area contributed by atoms with Gasteiger partial charge < -0.3 is 0 Å². The summed E-state index contributed by atoms with van der Waals surface area (Å²) in [5, 5.41) is 4.41. The normalized spacial score (nSPS) is 20.2. The standard InChI is InChI=1S/C13H20N4/c1-9-4-6-12(7-5-9)16-17-13-14-10(2)8-11(3)15-13/h8-9H,4-7H2,1-3H3,(H,14,15,17). The minimum absolute atomic E-state index is 0.605. The molecule has 1 aliphatic carbocycles. The molecule has 1 aliphatic rings. The number of anilines is 1. The first-order chi connectivity index (χ1) is 8.13. The van der Waals surface area contributed by atoms with Gasteiger partial charge in [-0.2, -0.15) is 5.10 Å². The molecule has 1 N–H and O–H groups in total. The smallest absolute Gasteiger partial charge is 0.243 e. The zero-order valence-corrected chi connectivity index (χ0v) is 10.8. The molecule has 0 bridgehead atoms. The molecule has 1 heterocycles. The highest BCUT2D eigenvalue weighted by atomic mass is 15.4. The lowest BCUT2D eigenvalue weighted by molar-refractivity contribution is 0.483. The predicted molar refractivity (Wildman–Crippen MR) is 70.2 cm³/mol. The summed E-state index contributed by atoms with van der Waals surface area (Å²) < 4.78 is 0.